The van der Waals surface area contributed by atoms with Gasteiger partial charge in [-0.15, -0.1) is 0 Å². The summed E-state index contributed by atoms with van der Waals surface area (Å²) in [5, 5.41) is 14.5. The third-order valence-corrected chi connectivity index (χ3v) is 3.41. The monoisotopic (exact) mass is 277 g/mol. The summed E-state index contributed by atoms with van der Waals surface area (Å²) >= 11 is 0. The Morgan fingerprint density at radius 3 is 2.95 bits per heavy atom. The molecule has 1 fully saturated rings. The molecule has 1 amide bonds. The Morgan fingerprint density at radius 2 is 2.30 bits per heavy atom. The highest BCUT2D eigenvalue weighted by atomic mass is 16.5. The van der Waals surface area contributed by atoms with E-state index in [1.807, 2.05) is 6.92 Å². The van der Waals surface area contributed by atoms with Crippen molar-refractivity contribution in [2.75, 3.05) is 6.61 Å². The van der Waals surface area contributed by atoms with Gasteiger partial charge in [0.15, 0.2) is 5.84 Å². The molecule has 0 radical (unpaired) electrons. The number of amides is 1. The smallest absolute Gasteiger partial charge is 0.251 e. The highest BCUT2D eigenvalue weighted by Gasteiger charge is 2.24. The summed E-state index contributed by atoms with van der Waals surface area (Å²) in [5.41, 5.74) is 6.49. The molecule has 2 rings (SSSR count). The first-order valence-corrected chi connectivity index (χ1v) is 6.62. The average Bonchev–Trinajstić information content (AvgIpc) is 3.00. The van der Waals surface area contributed by atoms with Crippen LogP contribution >= 0.6 is 0 Å². The molecular formula is C14H19N3O3. The van der Waals surface area contributed by atoms with Crippen molar-refractivity contribution in [3.05, 3.63) is 35.4 Å². The number of oxime groups is 1. The summed E-state index contributed by atoms with van der Waals surface area (Å²) in [4.78, 5) is 12.2. The fourth-order valence-corrected chi connectivity index (χ4v) is 2.26. The molecule has 6 nitrogen and oxygen atoms in total. The van der Waals surface area contributed by atoms with Crippen molar-refractivity contribution in [1.82, 2.24) is 5.32 Å². The Labute approximate surface area is 117 Å². The van der Waals surface area contributed by atoms with E-state index in [4.69, 9.17) is 15.7 Å². The van der Waals surface area contributed by atoms with E-state index in [-0.39, 0.29) is 23.9 Å². The Kier molecular flexibility index (Phi) is 4.57. The van der Waals surface area contributed by atoms with E-state index in [0.717, 1.165) is 19.4 Å². The zero-order chi connectivity index (χ0) is 14.5. The Balaban J connectivity index is 2.05. The van der Waals surface area contributed by atoms with Crippen LogP contribution in [0.25, 0.3) is 0 Å². The van der Waals surface area contributed by atoms with Crippen LogP contribution in [-0.4, -0.2) is 35.7 Å². The van der Waals surface area contributed by atoms with Crippen molar-refractivity contribution in [2.45, 2.75) is 31.9 Å². The molecule has 1 aliphatic rings. The van der Waals surface area contributed by atoms with Gasteiger partial charge in [0.05, 0.1) is 12.1 Å². The van der Waals surface area contributed by atoms with Crippen molar-refractivity contribution in [3.8, 4) is 0 Å². The van der Waals surface area contributed by atoms with Gasteiger partial charge in [-0.25, -0.2) is 0 Å². The quantitative estimate of drug-likeness (QED) is 0.332. The van der Waals surface area contributed by atoms with Gasteiger partial charge >= 0.3 is 0 Å². The van der Waals surface area contributed by atoms with E-state index in [0.29, 0.717) is 11.1 Å². The number of amidine groups is 1. The fraction of sp³-hybridized carbons (Fsp3) is 0.429. The third kappa shape index (κ3) is 3.27. The predicted molar refractivity (Wildman–Crippen MR) is 74.9 cm³/mol. The molecule has 20 heavy (non-hydrogen) atoms. The SMILES string of the molecule is CC(NC(=O)c1cccc(/C(N)=N/O)c1)C1CCCO1. The number of hydrogen-bond donors (Lipinski definition) is 3. The molecule has 0 spiro atoms. The number of benzene rings is 1. The molecule has 108 valence electrons. The summed E-state index contributed by atoms with van der Waals surface area (Å²) < 4.78 is 5.54. The minimum atomic E-state index is -0.194. The zero-order valence-electron chi connectivity index (χ0n) is 11.4. The lowest BCUT2D eigenvalue weighted by molar-refractivity contribution is 0.0712. The largest absolute Gasteiger partial charge is 0.409 e. The van der Waals surface area contributed by atoms with Crippen molar-refractivity contribution >= 4 is 11.7 Å². The van der Waals surface area contributed by atoms with E-state index in [1.54, 1.807) is 24.3 Å². The Bertz CT molecular complexity index is 510. The minimum absolute atomic E-state index is 0.0215. The number of ether oxygens (including phenoxy) is 1. The summed E-state index contributed by atoms with van der Waals surface area (Å²) in [6.45, 7) is 2.69. The Hall–Kier alpha value is -2.08. The molecule has 6 heteroatoms. The van der Waals surface area contributed by atoms with Gasteiger partial charge < -0.3 is 21.0 Å². The number of carbonyl (C=O) groups excluding carboxylic acids is 1. The first kappa shape index (κ1) is 14.3. The molecule has 0 bridgehead atoms. The molecule has 2 unspecified atom stereocenters. The predicted octanol–water partition coefficient (Wildman–Crippen LogP) is 1.08. The highest BCUT2D eigenvalue weighted by Crippen LogP contribution is 2.16. The molecule has 0 saturated carbocycles. The van der Waals surface area contributed by atoms with E-state index in [9.17, 15) is 4.79 Å². The van der Waals surface area contributed by atoms with Gasteiger partial charge in [0.1, 0.15) is 0 Å². The van der Waals surface area contributed by atoms with E-state index >= 15 is 0 Å². The number of nitrogens with zero attached hydrogens (tertiary/aromatic N) is 1. The van der Waals surface area contributed by atoms with Gasteiger partial charge in [0, 0.05) is 17.7 Å². The average molecular weight is 277 g/mol. The fourth-order valence-electron chi connectivity index (χ4n) is 2.26. The van der Waals surface area contributed by atoms with Crippen LogP contribution in [0.5, 0.6) is 0 Å². The van der Waals surface area contributed by atoms with Crippen LogP contribution in [0.2, 0.25) is 0 Å². The van der Waals surface area contributed by atoms with E-state index < -0.39 is 0 Å². The molecule has 0 aliphatic carbocycles. The number of nitrogens with two attached hydrogens (primary N) is 1. The molecule has 1 aromatic rings. The standard InChI is InChI=1S/C14H19N3O3/c1-9(12-6-3-7-20-12)16-14(18)11-5-2-4-10(8-11)13(15)17-19/h2,4-5,8-9,12,19H,3,6-7H2,1H3,(H2,15,17)(H,16,18). The third-order valence-electron chi connectivity index (χ3n) is 3.41. The van der Waals surface area contributed by atoms with Gasteiger partial charge in [-0.1, -0.05) is 17.3 Å². The van der Waals surface area contributed by atoms with Gasteiger partial charge in [0.25, 0.3) is 5.91 Å². The molecule has 4 N–H and O–H groups in total. The topological polar surface area (TPSA) is 96.9 Å². The van der Waals surface area contributed by atoms with Crippen LogP contribution in [0.3, 0.4) is 0 Å². The van der Waals surface area contributed by atoms with Crippen LogP contribution in [-0.2, 0) is 4.74 Å². The maximum absolute atomic E-state index is 12.2. The van der Waals surface area contributed by atoms with Gasteiger partial charge in [-0.05, 0) is 31.9 Å². The zero-order valence-corrected chi connectivity index (χ0v) is 11.4. The molecular weight excluding hydrogens is 258 g/mol. The molecule has 1 heterocycles. The molecule has 1 saturated heterocycles. The number of hydrogen-bond acceptors (Lipinski definition) is 4. The molecule has 2 atom stereocenters. The van der Waals surface area contributed by atoms with Crippen LogP contribution < -0.4 is 11.1 Å². The van der Waals surface area contributed by atoms with E-state index in [1.165, 1.54) is 0 Å². The van der Waals surface area contributed by atoms with Crippen molar-refractivity contribution in [3.63, 3.8) is 0 Å². The second kappa shape index (κ2) is 6.38. The molecule has 1 aromatic carbocycles. The van der Waals surface area contributed by atoms with Crippen molar-refractivity contribution in [2.24, 2.45) is 10.9 Å². The Morgan fingerprint density at radius 1 is 1.55 bits per heavy atom. The first-order chi connectivity index (χ1) is 9.61. The lowest BCUT2D eigenvalue weighted by Gasteiger charge is -2.20. The van der Waals surface area contributed by atoms with Gasteiger partial charge in [-0.2, -0.15) is 0 Å². The maximum atomic E-state index is 12.2. The highest BCUT2D eigenvalue weighted by molar-refractivity contribution is 6.01. The lowest BCUT2D eigenvalue weighted by Crippen LogP contribution is -2.40. The molecule has 1 aliphatic heterocycles. The summed E-state index contributed by atoms with van der Waals surface area (Å²) in [6.07, 6.45) is 2.07. The van der Waals surface area contributed by atoms with E-state index in [2.05, 4.69) is 10.5 Å². The van der Waals surface area contributed by atoms with Gasteiger partial charge in [0.2, 0.25) is 0 Å². The van der Waals surface area contributed by atoms with Crippen LogP contribution in [0.15, 0.2) is 29.4 Å². The maximum Gasteiger partial charge on any atom is 0.251 e. The lowest BCUT2D eigenvalue weighted by atomic mass is 10.1. The number of nitrogens with one attached hydrogen (secondary N) is 1. The first-order valence-electron chi connectivity index (χ1n) is 6.62. The summed E-state index contributed by atoms with van der Waals surface area (Å²) in [7, 11) is 0. The molecule has 0 aromatic heterocycles. The van der Waals surface area contributed by atoms with Crippen molar-refractivity contribution in [1.29, 1.82) is 0 Å². The minimum Gasteiger partial charge on any atom is -0.409 e. The summed E-state index contributed by atoms with van der Waals surface area (Å²) in [6, 6.07) is 6.60. The van der Waals surface area contributed by atoms with Crippen LogP contribution in [0, 0.1) is 0 Å². The number of rotatable bonds is 4. The van der Waals surface area contributed by atoms with Crippen molar-refractivity contribution < 1.29 is 14.7 Å². The van der Waals surface area contributed by atoms with Crippen LogP contribution in [0.1, 0.15) is 35.7 Å². The summed E-state index contributed by atoms with van der Waals surface area (Å²) in [5.74, 6) is -0.215. The van der Waals surface area contributed by atoms with Crippen LogP contribution in [0.4, 0.5) is 0 Å². The second-order valence-electron chi connectivity index (χ2n) is 4.88. The normalized spacial score (nSPS) is 20.6. The number of carbonyl (C=O) groups is 1. The second-order valence-corrected chi connectivity index (χ2v) is 4.88. The van der Waals surface area contributed by atoms with Gasteiger partial charge in [-0.3, -0.25) is 4.79 Å².